The van der Waals surface area contributed by atoms with Crippen molar-refractivity contribution in [3.8, 4) is 11.4 Å². The van der Waals surface area contributed by atoms with Crippen molar-refractivity contribution in [1.29, 1.82) is 0 Å². The largest absolute Gasteiger partial charge is 0.369 e. The van der Waals surface area contributed by atoms with Gasteiger partial charge >= 0.3 is 0 Å². The van der Waals surface area contributed by atoms with Crippen LogP contribution in [0, 0.1) is 0 Å². The van der Waals surface area contributed by atoms with Crippen LogP contribution >= 0.6 is 11.3 Å². The second-order valence-corrected chi connectivity index (χ2v) is 3.93. The van der Waals surface area contributed by atoms with Gasteiger partial charge in [-0.2, -0.15) is 0 Å². The molecule has 0 fully saturated rings. The van der Waals surface area contributed by atoms with Gasteiger partial charge in [0.05, 0.1) is 17.8 Å². The third kappa shape index (κ3) is 2.38. The first-order chi connectivity index (χ1) is 7.25. The molecule has 0 spiro atoms. The Morgan fingerprint density at radius 3 is 2.93 bits per heavy atom. The van der Waals surface area contributed by atoms with Crippen LogP contribution in [0.15, 0.2) is 29.8 Å². The van der Waals surface area contributed by atoms with E-state index in [2.05, 4.69) is 9.97 Å². The Morgan fingerprint density at radius 1 is 1.40 bits per heavy atom. The van der Waals surface area contributed by atoms with E-state index in [1.165, 1.54) is 11.3 Å². The van der Waals surface area contributed by atoms with Crippen molar-refractivity contribution < 1.29 is 4.79 Å². The molecule has 0 saturated carbocycles. The molecule has 5 heteroatoms. The maximum Gasteiger partial charge on any atom is 0.224 e. The van der Waals surface area contributed by atoms with Crippen LogP contribution in [0.4, 0.5) is 0 Å². The number of hydrogen-bond acceptors (Lipinski definition) is 4. The van der Waals surface area contributed by atoms with Crippen LogP contribution in [0.25, 0.3) is 11.4 Å². The van der Waals surface area contributed by atoms with Gasteiger partial charge in [-0.15, -0.1) is 11.3 Å². The van der Waals surface area contributed by atoms with E-state index in [0.717, 1.165) is 16.4 Å². The number of primary amides is 1. The second-order valence-electron chi connectivity index (χ2n) is 2.98. The van der Waals surface area contributed by atoms with Gasteiger partial charge in [-0.3, -0.25) is 9.78 Å². The molecule has 0 unspecified atom stereocenters. The van der Waals surface area contributed by atoms with Crippen molar-refractivity contribution in [2.24, 2.45) is 5.73 Å². The molecular weight excluding hydrogens is 210 g/mol. The van der Waals surface area contributed by atoms with E-state index in [4.69, 9.17) is 5.73 Å². The third-order valence-corrected chi connectivity index (χ3v) is 2.65. The highest BCUT2D eigenvalue weighted by atomic mass is 32.1. The number of hydrogen-bond donors (Lipinski definition) is 1. The van der Waals surface area contributed by atoms with Gasteiger partial charge in [0, 0.05) is 11.6 Å². The number of rotatable bonds is 3. The van der Waals surface area contributed by atoms with Crippen LogP contribution in [-0.4, -0.2) is 15.9 Å². The number of pyridine rings is 1. The fourth-order valence-electron chi connectivity index (χ4n) is 1.17. The van der Waals surface area contributed by atoms with E-state index in [1.54, 1.807) is 6.20 Å². The Hall–Kier alpha value is -1.75. The summed E-state index contributed by atoms with van der Waals surface area (Å²) in [5, 5.41) is 2.60. The zero-order valence-corrected chi connectivity index (χ0v) is 8.70. The van der Waals surface area contributed by atoms with Gasteiger partial charge in [-0.1, -0.05) is 6.07 Å². The van der Waals surface area contributed by atoms with Crippen molar-refractivity contribution in [1.82, 2.24) is 9.97 Å². The smallest absolute Gasteiger partial charge is 0.224 e. The number of nitrogens with zero attached hydrogens (tertiary/aromatic N) is 2. The summed E-state index contributed by atoms with van der Waals surface area (Å²) in [7, 11) is 0. The summed E-state index contributed by atoms with van der Waals surface area (Å²) in [5.41, 5.74) is 6.68. The van der Waals surface area contributed by atoms with Crippen molar-refractivity contribution in [2.45, 2.75) is 6.42 Å². The summed E-state index contributed by atoms with van der Waals surface area (Å²) >= 11 is 1.42. The Morgan fingerprint density at radius 2 is 2.27 bits per heavy atom. The van der Waals surface area contributed by atoms with E-state index in [1.807, 2.05) is 23.6 Å². The van der Waals surface area contributed by atoms with Gasteiger partial charge in [-0.05, 0) is 12.1 Å². The van der Waals surface area contributed by atoms with Crippen LogP contribution in [0.1, 0.15) is 5.01 Å². The summed E-state index contributed by atoms with van der Waals surface area (Å²) in [6.07, 6.45) is 1.90. The number of carbonyl (C=O) groups is 1. The first-order valence-corrected chi connectivity index (χ1v) is 5.28. The molecule has 1 amide bonds. The highest BCUT2D eigenvalue weighted by Crippen LogP contribution is 2.19. The van der Waals surface area contributed by atoms with Gasteiger partial charge in [0.2, 0.25) is 5.91 Å². The monoisotopic (exact) mass is 219 g/mol. The quantitative estimate of drug-likeness (QED) is 0.844. The van der Waals surface area contributed by atoms with Gasteiger partial charge in [0.25, 0.3) is 0 Å². The predicted molar refractivity (Wildman–Crippen MR) is 58.2 cm³/mol. The summed E-state index contributed by atoms with van der Waals surface area (Å²) < 4.78 is 0. The summed E-state index contributed by atoms with van der Waals surface area (Å²) in [6, 6.07) is 5.62. The Bertz CT molecular complexity index is 467. The molecule has 76 valence electrons. The molecular formula is C10H9N3OS. The molecule has 2 aromatic rings. The maximum absolute atomic E-state index is 10.7. The van der Waals surface area contributed by atoms with E-state index in [9.17, 15) is 4.79 Å². The minimum Gasteiger partial charge on any atom is -0.369 e. The first-order valence-electron chi connectivity index (χ1n) is 4.40. The average molecular weight is 219 g/mol. The summed E-state index contributed by atoms with van der Waals surface area (Å²) in [5.74, 6) is -0.364. The van der Waals surface area contributed by atoms with Crippen LogP contribution in [-0.2, 0) is 11.2 Å². The minimum absolute atomic E-state index is 0.192. The lowest BCUT2D eigenvalue weighted by atomic mass is 10.3. The average Bonchev–Trinajstić information content (AvgIpc) is 2.67. The molecule has 0 saturated heterocycles. The molecule has 0 aliphatic carbocycles. The summed E-state index contributed by atoms with van der Waals surface area (Å²) in [4.78, 5) is 19.1. The highest BCUT2D eigenvalue weighted by Gasteiger charge is 2.06. The van der Waals surface area contributed by atoms with Crippen molar-refractivity contribution in [3.63, 3.8) is 0 Å². The van der Waals surface area contributed by atoms with E-state index in [-0.39, 0.29) is 12.3 Å². The molecule has 0 aliphatic heterocycles. The van der Waals surface area contributed by atoms with Crippen LogP contribution in [0.2, 0.25) is 0 Å². The molecule has 15 heavy (non-hydrogen) atoms. The van der Waals surface area contributed by atoms with Crippen LogP contribution in [0.3, 0.4) is 0 Å². The van der Waals surface area contributed by atoms with Crippen molar-refractivity contribution in [2.75, 3.05) is 0 Å². The van der Waals surface area contributed by atoms with E-state index in [0.29, 0.717) is 0 Å². The van der Waals surface area contributed by atoms with Crippen molar-refractivity contribution in [3.05, 3.63) is 34.8 Å². The maximum atomic E-state index is 10.7. The van der Waals surface area contributed by atoms with Gasteiger partial charge < -0.3 is 5.73 Å². The number of thiazole rings is 1. The molecule has 2 rings (SSSR count). The Kier molecular flexibility index (Phi) is 2.73. The van der Waals surface area contributed by atoms with Gasteiger partial charge in [0.15, 0.2) is 0 Å². The molecule has 0 atom stereocenters. The zero-order chi connectivity index (χ0) is 10.7. The standard InChI is InChI=1S/C10H9N3OS/c11-9(14)5-10-13-8(6-15-10)7-3-1-2-4-12-7/h1-4,6H,5H2,(H2,11,14). The SMILES string of the molecule is NC(=O)Cc1nc(-c2ccccn2)cs1. The van der Waals surface area contributed by atoms with Crippen molar-refractivity contribution >= 4 is 17.2 Å². The molecule has 0 aromatic carbocycles. The molecule has 2 heterocycles. The van der Waals surface area contributed by atoms with Crippen LogP contribution < -0.4 is 5.73 Å². The molecule has 4 nitrogen and oxygen atoms in total. The Balaban J connectivity index is 2.24. The minimum atomic E-state index is -0.364. The third-order valence-electron chi connectivity index (χ3n) is 1.80. The predicted octanol–water partition coefficient (Wildman–Crippen LogP) is 1.23. The van der Waals surface area contributed by atoms with Gasteiger partial charge in [-0.25, -0.2) is 4.98 Å². The normalized spacial score (nSPS) is 10.1. The second kappa shape index (κ2) is 4.18. The fraction of sp³-hybridized carbons (Fsp3) is 0.100. The molecule has 0 bridgehead atoms. The van der Waals surface area contributed by atoms with E-state index < -0.39 is 0 Å². The van der Waals surface area contributed by atoms with E-state index >= 15 is 0 Å². The lowest BCUT2D eigenvalue weighted by molar-refractivity contribution is -0.117. The number of nitrogens with two attached hydrogens (primary N) is 1. The molecule has 0 radical (unpaired) electrons. The Labute approximate surface area is 90.8 Å². The zero-order valence-electron chi connectivity index (χ0n) is 7.88. The highest BCUT2D eigenvalue weighted by molar-refractivity contribution is 7.10. The number of carbonyl (C=O) groups excluding carboxylic acids is 1. The van der Waals surface area contributed by atoms with Crippen LogP contribution in [0.5, 0.6) is 0 Å². The molecule has 2 aromatic heterocycles. The number of amides is 1. The lowest BCUT2D eigenvalue weighted by Gasteiger charge is -1.93. The molecule has 2 N–H and O–H groups in total. The fourth-order valence-corrected chi connectivity index (χ4v) is 1.97. The topological polar surface area (TPSA) is 68.9 Å². The first kappa shape index (κ1) is 9.79. The number of aromatic nitrogens is 2. The summed E-state index contributed by atoms with van der Waals surface area (Å²) in [6.45, 7) is 0. The van der Waals surface area contributed by atoms with Gasteiger partial charge in [0.1, 0.15) is 5.01 Å². The molecule has 0 aliphatic rings. The lowest BCUT2D eigenvalue weighted by Crippen LogP contribution is -2.13.